The van der Waals surface area contributed by atoms with E-state index in [-0.39, 0.29) is 5.54 Å². The number of guanidine groups is 1. The van der Waals surface area contributed by atoms with Gasteiger partial charge in [0, 0.05) is 37.6 Å². The van der Waals surface area contributed by atoms with E-state index in [1.54, 1.807) is 11.3 Å². The van der Waals surface area contributed by atoms with E-state index in [1.807, 2.05) is 0 Å². The van der Waals surface area contributed by atoms with Gasteiger partial charge in [0.25, 0.3) is 0 Å². The summed E-state index contributed by atoms with van der Waals surface area (Å²) >= 11 is 1.71. The lowest BCUT2D eigenvalue weighted by Gasteiger charge is -2.47. The summed E-state index contributed by atoms with van der Waals surface area (Å²) in [7, 11) is 2.11. The number of nitrogens with one attached hydrogen (secondary N) is 1. The van der Waals surface area contributed by atoms with Crippen LogP contribution in [0.2, 0.25) is 0 Å². The molecule has 0 amide bonds. The van der Waals surface area contributed by atoms with Gasteiger partial charge in [0.05, 0.1) is 37.0 Å². The van der Waals surface area contributed by atoms with Crippen LogP contribution in [0, 0.1) is 6.92 Å². The summed E-state index contributed by atoms with van der Waals surface area (Å²) in [5.74, 6) is 0.987. The van der Waals surface area contributed by atoms with Gasteiger partial charge in [-0.1, -0.05) is 19.3 Å². The van der Waals surface area contributed by atoms with Crippen LogP contribution in [0.1, 0.15) is 49.7 Å². The third-order valence-electron chi connectivity index (χ3n) is 5.75. The Morgan fingerprint density at radius 2 is 2.07 bits per heavy atom. The molecule has 3 rings (SSSR count). The van der Waals surface area contributed by atoms with Crippen molar-refractivity contribution in [3.63, 3.8) is 0 Å². The molecule has 0 atom stereocenters. The van der Waals surface area contributed by atoms with Gasteiger partial charge in [-0.3, -0.25) is 9.89 Å². The van der Waals surface area contributed by atoms with Crippen LogP contribution in [0.15, 0.2) is 10.4 Å². The van der Waals surface area contributed by atoms with E-state index in [9.17, 15) is 0 Å². The predicted octanol–water partition coefficient (Wildman–Crippen LogP) is 2.88. The highest BCUT2D eigenvalue weighted by molar-refractivity contribution is 7.09. The van der Waals surface area contributed by atoms with Crippen molar-refractivity contribution in [3.05, 3.63) is 16.1 Å². The number of thiazole rings is 1. The molecule has 0 unspecified atom stereocenters. The summed E-state index contributed by atoms with van der Waals surface area (Å²) in [6.45, 7) is 10.5. The Morgan fingerprint density at radius 3 is 2.70 bits per heavy atom. The molecule has 2 aliphatic rings. The Bertz CT molecular complexity index is 605. The van der Waals surface area contributed by atoms with Crippen molar-refractivity contribution in [1.82, 2.24) is 20.1 Å². The molecule has 1 aromatic rings. The molecule has 0 spiro atoms. The number of hydrogen-bond donors (Lipinski definition) is 1. The molecule has 0 bridgehead atoms. The normalized spacial score (nSPS) is 21.2. The van der Waals surface area contributed by atoms with Crippen LogP contribution in [0.25, 0.3) is 0 Å². The van der Waals surface area contributed by atoms with E-state index >= 15 is 0 Å². The Hall–Kier alpha value is -1.18. The number of aliphatic imine (C=N–C) groups is 1. The lowest BCUT2D eigenvalue weighted by molar-refractivity contribution is -0.0334. The van der Waals surface area contributed by atoms with Crippen molar-refractivity contribution in [2.45, 2.75) is 58.0 Å². The number of aromatic nitrogens is 1. The molecule has 1 saturated heterocycles. The Kier molecular flexibility index (Phi) is 7.49. The van der Waals surface area contributed by atoms with Gasteiger partial charge in [-0.25, -0.2) is 4.98 Å². The summed E-state index contributed by atoms with van der Waals surface area (Å²) in [6.07, 6.45) is 6.50. The summed E-state index contributed by atoms with van der Waals surface area (Å²) in [5, 5.41) is 6.74. The van der Waals surface area contributed by atoms with E-state index in [0.717, 1.165) is 62.6 Å². The first-order chi connectivity index (χ1) is 13.1. The van der Waals surface area contributed by atoms with Crippen molar-refractivity contribution in [2.75, 3.05) is 46.4 Å². The molecule has 2 fully saturated rings. The highest BCUT2D eigenvalue weighted by Crippen LogP contribution is 2.34. The number of rotatable bonds is 6. The van der Waals surface area contributed by atoms with Gasteiger partial charge in [0.2, 0.25) is 0 Å². The average Bonchev–Trinajstić information content (AvgIpc) is 3.11. The Morgan fingerprint density at radius 1 is 1.33 bits per heavy atom. The standard InChI is InChI=1S/C20H35N5OS/c1-4-21-19(24(3)14-18-15-27-17(2)23-18)22-16-20(8-6-5-7-9-20)25-10-12-26-13-11-25/h15H,4-14,16H2,1-3H3,(H,21,22). The fourth-order valence-electron chi connectivity index (χ4n) is 4.31. The number of ether oxygens (including phenoxy) is 1. The number of nitrogens with zero attached hydrogens (tertiary/aromatic N) is 4. The minimum atomic E-state index is 0.209. The van der Waals surface area contributed by atoms with Crippen molar-refractivity contribution in [2.24, 2.45) is 4.99 Å². The molecule has 27 heavy (non-hydrogen) atoms. The SMILES string of the molecule is CCNC(=NCC1(N2CCOCC2)CCCCC1)N(C)Cc1csc(C)n1. The molecule has 7 heteroatoms. The molecule has 1 N–H and O–H groups in total. The Labute approximate surface area is 168 Å². The number of morpholine rings is 1. The van der Waals surface area contributed by atoms with Crippen LogP contribution in [-0.2, 0) is 11.3 Å². The van der Waals surface area contributed by atoms with Crippen molar-refractivity contribution >= 4 is 17.3 Å². The fourth-order valence-corrected chi connectivity index (χ4v) is 4.92. The lowest BCUT2D eigenvalue weighted by atomic mass is 9.80. The molecule has 1 aliphatic heterocycles. The molecule has 152 valence electrons. The molecule has 1 saturated carbocycles. The highest BCUT2D eigenvalue weighted by Gasteiger charge is 2.38. The quantitative estimate of drug-likeness (QED) is 0.595. The highest BCUT2D eigenvalue weighted by atomic mass is 32.1. The summed E-state index contributed by atoms with van der Waals surface area (Å²) < 4.78 is 5.60. The van der Waals surface area contributed by atoms with Crippen LogP contribution in [0.3, 0.4) is 0 Å². The maximum atomic E-state index is 5.60. The second-order valence-corrected chi connectivity index (χ2v) is 8.83. The third kappa shape index (κ3) is 5.42. The fraction of sp³-hybridized carbons (Fsp3) is 0.800. The summed E-state index contributed by atoms with van der Waals surface area (Å²) in [6, 6.07) is 0. The van der Waals surface area contributed by atoms with Crippen LogP contribution < -0.4 is 5.32 Å². The van der Waals surface area contributed by atoms with Crippen LogP contribution in [0.5, 0.6) is 0 Å². The first kappa shape index (κ1) is 20.6. The molecular formula is C20H35N5OS. The lowest BCUT2D eigenvalue weighted by Crippen LogP contribution is -2.56. The van der Waals surface area contributed by atoms with Crippen LogP contribution in [0.4, 0.5) is 0 Å². The molecule has 1 aliphatic carbocycles. The maximum Gasteiger partial charge on any atom is 0.194 e. The van der Waals surface area contributed by atoms with E-state index in [4.69, 9.17) is 9.73 Å². The maximum absolute atomic E-state index is 5.60. The van der Waals surface area contributed by atoms with Gasteiger partial charge >= 0.3 is 0 Å². The van der Waals surface area contributed by atoms with Crippen molar-refractivity contribution < 1.29 is 4.74 Å². The van der Waals surface area contributed by atoms with E-state index in [0.29, 0.717) is 0 Å². The zero-order chi connectivity index (χ0) is 19.1. The average molecular weight is 394 g/mol. The zero-order valence-electron chi connectivity index (χ0n) is 17.2. The number of aryl methyl sites for hydroxylation is 1. The van der Waals surface area contributed by atoms with Gasteiger partial charge in [-0.05, 0) is 26.7 Å². The monoisotopic (exact) mass is 393 g/mol. The van der Waals surface area contributed by atoms with Gasteiger partial charge in [0.15, 0.2) is 5.96 Å². The largest absolute Gasteiger partial charge is 0.379 e. The molecule has 0 aromatic carbocycles. The van der Waals surface area contributed by atoms with Crippen LogP contribution in [-0.4, -0.2) is 72.7 Å². The van der Waals surface area contributed by atoms with E-state index in [2.05, 4.69) is 46.4 Å². The van der Waals surface area contributed by atoms with Gasteiger partial charge in [-0.2, -0.15) is 0 Å². The summed E-state index contributed by atoms with van der Waals surface area (Å²) in [5.41, 5.74) is 1.33. The van der Waals surface area contributed by atoms with Gasteiger partial charge in [0.1, 0.15) is 0 Å². The predicted molar refractivity (Wildman–Crippen MR) is 113 cm³/mol. The molecule has 1 aromatic heterocycles. The minimum Gasteiger partial charge on any atom is -0.379 e. The zero-order valence-corrected chi connectivity index (χ0v) is 18.0. The van der Waals surface area contributed by atoms with Gasteiger partial charge < -0.3 is 15.0 Å². The van der Waals surface area contributed by atoms with E-state index < -0.39 is 0 Å². The molecule has 0 radical (unpaired) electrons. The second kappa shape index (κ2) is 9.85. The Balaban J connectivity index is 1.72. The molecule has 6 nitrogen and oxygen atoms in total. The van der Waals surface area contributed by atoms with Crippen molar-refractivity contribution in [3.8, 4) is 0 Å². The topological polar surface area (TPSA) is 53.0 Å². The summed E-state index contributed by atoms with van der Waals surface area (Å²) in [4.78, 5) is 14.6. The number of hydrogen-bond acceptors (Lipinski definition) is 5. The third-order valence-corrected chi connectivity index (χ3v) is 6.57. The molecular weight excluding hydrogens is 358 g/mol. The first-order valence-corrected chi connectivity index (χ1v) is 11.2. The minimum absolute atomic E-state index is 0.209. The van der Waals surface area contributed by atoms with E-state index in [1.165, 1.54) is 32.1 Å². The smallest absolute Gasteiger partial charge is 0.194 e. The molecule has 2 heterocycles. The van der Waals surface area contributed by atoms with Crippen LogP contribution >= 0.6 is 11.3 Å². The second-order valence-electron chi connectivity index (χ2n) is 7.77. The van der Waals surface area contributed by atoms with Crippen molar-refractivity contribution in [1.29, 1.82) is 0 Å². The first-order valence-electron chi connectivity index (χ1n) is 10.4. The van der Waals surface area contributed by atoms with Gasteiger partial charge in [-0.15, -0.1) is 11.3 Å².